The maximum atomic E-state index is 2.86. The monoisotopic (exact) mass is 443 g/mol. The van der Waals surface area contributed by atoms with E-state index in [0.29, 0.717) is 0 Å². The fraction of sp³-hybridized carbons (Fsp3) is 0.333. The summed E-state index contributed by atoms with van der Waals surface area (Å²) in [7, 11) is 0. The van der Waals surface area contributed by atoms with Crippen LogP contribution >= 0.6 is 0 Å². The Morgan fingerprint density at radius 1 is 0.618 bits per heavy atom. The van der Waals surface area contributed by atoms with Crippen molar-refractivity contribution >= 4 is 27.6 Å². The molecule has 0 saturated carbocycles. The predicted octanol–water partition coefficient (Wildman–Crippen LogP) is 8.02. The van der Waals surface area contributed by atoms with Crippen LogP contribution in [-0.2, 0) is 18.4 Å². The maximum absolute atomic E-state index is 2.86. The van der Waals surface area contributed by atoms with Gasteiger partial charge in [0.2, 0.25) is 0 Å². The molecule has 0 radical (unpaired) electrons. The number of likely N-dealkylation sites (tertiary alicyclic amines) is 1. The van der Waals surface area contributed by atoms with Gasteiger partial charge in [0.1, 0.15) is 0 Å². The van der Waals surface area contributed by atoms with Crippen LogP contribution in [0.15, 0.2) is 72.8 Å². The molecule has 1 heterocycles. The minimum atomic E-state index is -0.0289. The van der Waals surface area contributed by atoms with Crippen LogP contribution in [0.5, 0.6) is 0 Å². The van der Waals surface area contributed by atoms with Gasteiger partial charge in [0.05, 0.1) is 5.54 Å². The molecule has 7 rings (SSSR count). The van der Waals surface area contributed by atoms with Gasteiger partial charge in [-0.1, -0.05) is 85.3 Å². The Bertz CT molecular complexity index is 1420. The van der Waals surface area contributed by atoms with Crippen LogP contribution in [-0.4, -0.2) is 18.0 Å². The van der Waals surface area contributed by atoms with Crippen molar-refractivity contribution in [1.82, 2.24) is 4.90 Å². The predicted molar refractivity (Wildman–Crippen MR) is 144 cm³/mol. The van der Waals surface area contributed by atoms with Gasteiger partial charge in [-0.2, -0.15) is 0 Å². The third-order valence-electron chi connectivity index (χ3n) is 8.86. The number of benzene rings is 4. The van der Waals surface area contributed by atoms with Crippen molar-refractivity contribution in [3.05, 3.63) is 101 Å². The van der Waals surface area contributed by atoms with E-state index in [4.69, 9.17) is 0 Å². The average molecular weight is 444 g/mol. The molecular formula is C33H33N. The van der Waals surface area contributed by atoms with Crippen LogP contribution in [0, 0.1) is 0 Å². The van der Waals surface area contributed by atoms with Gasteiger partial charge in [0.15, 0.2) is 0 Å². The van der Waals surface area contributed by atoms with Crippen molar-refractivity contribution < 1.29 is 0 Å². The molecule has 0 bridgehead atoms. The molecule has 0 amide bonds. The first-order chi connectivity index (χ1) is 16.9. The van der Waals surface area contributed by atoms with E-state index in [1.807, 2.05) is 0 Å². The van der Waals surface area contributed by atoms with Crippen molar-refractivity contribution in [2.75, 3.05) is 13.1 Å². The molecule has 0 aromatic heterocycles. The number of allylic oxidation sites excluding steroid dienone is 1. The minimum absolute atomic E-state index is 0.0289. The maximum Gasteiger partial charge on any atom is 0.0724 e. The van der Waals surface area contributed by atoms with E-state index < -0.39 is 0 Å². The summed E-state index contributed by atoms with van der Waals surface area (Å²) in [5.41, 5.74) is 7.66. The molecule has 1 unspecified atom stereocenters. The molecule has 0 spiro atoms. The summed E-state index contributed by atoms with van der Waals surface area (Å²) >= 11 is 0. The fourth-order valence-electron chi connectivity index (χ4n) is 7.37. The molecule has 1 nitrogen and oxygen atoms in total. The molecule has 1 fully saturated rings. The van der Waals surface area contributed by atoms with E-state index in [0.717, 1.165) is 6.42 Å². The van der Waals surface area contributed by atoms with Crippen LogP contribution < -0.4 is 0 Å². The van der Waals surface area contributed by atoms with Crippen LogP contribution in [0.1, 0.15) is 66.3 Å². The van der Waals surface area contributed by atoms with E-state index >= 15 is 0 Å². The first-order valence-corrected chi connectivity index (χ1v) is 13.3. The standard InChI is InChI=1S/C33H33N/c1-6-22-34(23-7-1)33(31-16-8-12-24-10-3-5-14-27(24)31)21-9-15-30-29-18-17-25-11-2-4-13-26(25)28(29)19-20-32(30)33/h2-3,5,8,10-12,14,16-20H,1,4,6-7,9,13,15,21-23H2. The Morgan fingerprint density at radius 3 is 2.38 bits per heavy atom. The summed E-state index contributed by atoms with van der Waals surface area (Å²) in [4.78, 5) is 2.86. The summed E-state index contributed by atoms with van der Waals surface area (Å²) in [5.74, 6) is 0. The van der Waals surface area contributed by atoms with Gasteiger partial charge in [0.25, 0.3) is 0 Å². The first kappa shape index (κ1) is 20.5. The SMILES string of the molecule is C1=Cc2ccc3c4c(ccc3c2CC1)C(c1cccc2ccccc12)(N1CCCCC1)CCC4. The van der Waals surface area contributed by atoms with Crippen LogP contribution in [0.2, 0.25) is 0 Å². The summed E-state index contributed by atoms with van der Waals surface area (Å²) in [6, 6.07) is 25.9. The van der Waals surface area contributed by atoms with E-state index in [-0.39, 0.29) is 5.54 Å². The molecule has 1 aliphatic heterocycles. The lowest BCUT2D eigenvalue weighted by atomic mass is 9.68. The number of nitrogens with zero attached hydrogens (tertiary/aromatic N) is 1. The molecule has 4 aromatic rings. The van der Waals surface area contributed by atoms with Gasteiger partial charge in [-0.05, 0) is 107 Å². The molecule has 3 aliphatic rings. The fourth-order valence-corrected chi connectivity index (χ4v) is 7.37. The normalized spacial score (nSPS) is 22.6. The Labute approximate surface area is 203 Å². The zero-order valence-corrected chi connectivity index (χ0v) is 20.0. The second-order valence-electron chi connectivity index (χ2n) is 10.5. The second kappa shape index (κ2) is 8.10. The molecular weight excluding hydrogens is 410 g/mol. The quantitative estimate of drug-likeness (QED) is 0.303. The van der Waals surface area contributed by atoms with E-state index in [1.54, 1.807) is 16.7 Å². The van der Waals surface area contributed by atoms with Crippen molar-refractivity contribution in [3.63, 3.8) is 0 Å². The van der Waals surface area contributed by atoms with Gasteiger partial charge >= 0.3 is 0 Å². The molecule has 1 saturated heterocycles. The number of hydrogen-bond acceptors (Lipinski definition) is 1. The van der Waals surface area contributed by atoms with Gasteiger partial charge < -0.3 is 0 Å². The molecule has 170 valence electrons. The number of piperidine rings is 1. The van der Waals surface area contributed by atoms with Crippen molar-refractivity contribution in [2.45, 2.75) is 56.9 Å². The lowest BCUT2D eigenvalue weighted by Gasteiger charge is -2.50. The lowest BCUT2D eigenvalue weighted by Crippen LogP contribution is -2.51. The zero-order valence-electron chi connectivity index (χ0n) is 20.0. The van der Waals surface area contributed by atoms with Gasteiger partial charge in [-0.15, -0.1) is 0 Å². The van der Waals surface area contributed by atoms with E-state index in [1.165, 1.54) is 90.7 Å². The molecule has 2 aliphatic carbocycles. The molecule has 1 atom stereocenters. The van der Waals surface area contributed by atoms with Gasteiger partial charge in [0, 0.05) is 0 Å². The highest BCUT2D eigenvalue weighted by Gasteiger charge is 2.44. The number of rotatable bonds is 2. The Morgan fingerprint density at radius 2 is 1.44 bits per heavy atom. The Balaban J connectivity index is 1.53. The summed E-state index contributed by atoms with van der Waals surface area (Å²) in [5, 5.41) is 5.80. The van der Waals surface area contributed by atoms with Gasteiger partial charge in [-0.25, -0.2) is 0 Å². The topological polar surface area (TPSA) is 3.24 Å². The van der Waals surface area contributed by atoms with Crippen molar-refractivity contribution in [2.24, 2.45) is 0 Å². The molecule has 1 heteroatoms. The number of fused-ring (bicyclic) bond motifs is 6. The van der Waals surface area contributed by atoms with Crippen LogP contribution in [0.4, 0.5) is 0 Å². The van der Waals surface area contributed by atoms with Crippen molar-refractivity contribution in [1.29, 1.82) is 0 Å². The molecule has 4 aromatic carbocycles. The lowest BCUT2D eigenvalue weighted by molar-refractivity contribution is 0.0824. The average Bonchev–Trinajstić information content (AvgIpc) is 2.92. The van der Waals surface area contributed by atoms with Crippen molar-refractivity contribution in [3.8, 4) is 0 Å². The Hall–Kier alpha value is -2.90. The van der Waals surface area contributed by atoms with E-state index in [9.17, 15) is 0 Å². The largest absolute Gasteiger partial charge is 0.290 e. The highest BCUT2D eigenvalue weighted by Crippen LogP contribution is 2.50. The molecule has 0 N–H and O–H groups in total. The third kappa shape index (κ3) is 2.96. The minimum Gasteiger partial charge on any atom is -0.290 e. The number of aryl methyl sites for hydroxylation is 2. The smallest absolute Gasteiger partial charge is 0.0724 e. The van der Waals surface area contributed by atoms with Crippen LogP contribution in [0.3, 0.4) is 0 Å². The van der Waals surface area contributed by atoms with Gasteiger partial charge in [-0.3, -0.25) is 4.90 Å². The van der Waals surface area contributed by atoms with E-state index in [2.05, 4.69) is 83.8 Å². The van der Waals surface area contributed by atoms with Crippen LogP contribution in [0.25, 0.3) is 27.6 Å². The zero-order chi connectivity index (χ0) is 22.5. The summed E-state index contributed by atoms with van der Waals surface area (Å²) < 4.78 is 0. The molecule has 34 heavy (non-hydrogen) atoms. The number of hydrogen-bond donors (Lipinski definition) is 0. The first-order valence-electron chi connectivity index (χ1n) is 13.3. The summed E-state index contributed by atoms with van der Waals surface area (Å²) in [6.45, 7) is 2.41. The second-order valence-corrected chi connectivity index (χ2v) is 10.5. The Kier molecular flexibility index (Phi) is 4.88. The summed E-state index contributed by atoms with van der Waals surface area (Å²) in [6.07, 6.45) is 14.6. The highest BCUT2D eigenvalue weighted by molar-refractivity contribution is 5.94. The highest BCUT2D eigenvalue weighted by atomic mass is 15.2. The third-order valence-corrected chi connectivity index (χ3v) is 8.86.